The summed E-state index contributed by atoms with van der Waals surface area (Å²) in [6.45, 7) is 0. The molecule has 0 aliphatic rings. The van der Waals surface area contributed by atoms with Crippen molar-refractivity contribution in [3.8, 4) is 11.5 Å². The molecule has 1 heterocycles. The lowest BCUT2D eigenvalue weighted by Gasteiger charge is -2.06. The molecule has 1 N–H and O–H groups in total. The maximum absolute atomic E-state index is 12.6. The third kappa shape index (κ3) is 4.02. The van der Waals surface area contributed by atoms with Crippen molar-refractivity contribution in [3.05, 3.63) is 84.8 Å². The third-order valence-corrected chi connectivity index (χ3v) is 5.47. The minimum atomic E-state index is -0.562. The zero-order valence-electron chi connectivity index (χ0n) is 14.9. The number of halogens is 3. The number of hydrogen-bond acceptors (Lipinski definition) is 5. The van der Waals surface area contributed by atoms with Gasteiger partial charge in [-0.15, -0.1) is 0 Å². The number of nitrogens with one attached hydrogen (secondary N) is 1. The highest BCUT2D eigenvalue weighted by molar-refractivity contribution is 9.10. The number of rotatable bonds is 4. The zero-order valence-corrected chi connectivity index (χ0v) is 18.0. The van der Waals surface area contributed by atoms with Gasteiger partial charge in [0.1, 0.15) is 5.52 Å². The van der Waals surface area contributed by atoms with E-state index in [1.54, 1.807) is 36.4 Å². The van der Waals surface area contributed by atoms with Gasteiger partial charge in [-0.05, 0) is 58.4 Å². The highest BCUT2D eigenvalue weighted by Gasteiger charge is 2.17. The van der Waals surface area contributed by atoms with Crippen LogP contribution in [0.1, 0.15) is 10.4 Å². The molecule has 10 heteroatoms. The zero-order chi connectivity index (χ0) is 21.4. The maximum Gasteiger partial charge on any atom is 0.270 e. The molecule has 7 nitrogen and oxygen atoms in total. The highest BCUT2D eigenvalue weighted by atomic mass is 79.9. The van der Waals surface area contributed by atoms with Crippen LogP contribution in [0.3, 0.4) is 0 Å². The molecule has 0 atom stereocenters. The van der Waals surface area contributed by atoms with Crippen molar-refractivity contribution in [2.24, 2.45) is 0 Å². The number of carbonyl (C=O) groups is 1. The number of fused-ring (bicyclic) bond motifs is 1. The van der Waals surface area contributed by atoms with Gasteiger partial charge in [-0.25, -0.2) is 4.98 Å². The predicted octanol–water partition coefficient (Wildman–Crippen LogP) is 6.72. The summed E-state index contributed by atoms with van der Waals surface area (Å²) in [4.78, 5) is 27.5. The minimum absolute atomic E-state index is 0.135. The van der Waals surface area contributed by atoms with Crippen LogP contribution >= 0.6 is 39.1 Å². The summed E-state index contributed by atoms with van der Waals surface area (Å²) < 4.78 is 6.18. The van der Waals surface area contributed by atoms with E-state index in [1.165, 1.54) is 18.2 Å². The molecule has 0 radical (unpaired) electrons. The Kier molecular flexibility index (Phi) is 5.46. The van der Waals surface area contributed by atoms with Gasteiger partial charge in [0.25, 0.3) is 11.6 Å². The number of oxazole rings is 1. The van der Waals surface area contributed by atoms with Gasteiger partial charge in [-0.1, -0.05) is 23.2 Å². The van der Waals surface area contributed by atoms with E-state index in [1.807, 2.05) is 0 Å². The van der Waals surface area contributed by atoms with Gasteiger partial charge in [0.2, 0.25) is 5.89 Å². The van der Waals surface area contributed by atoms with E-state index in [4.69, 9.17) is 27.6 Å². The lowest BCUT2D eigenvalue weighted by atomic mass is 10.2. The number of aromatic nitrogens is 1. The van der Waals surface area contributed by atoms with Gasteiger partial charge >= 0.3 is 0 Å². The maximum atomic E-state index is 12.6. The molecule has 0 bridgehead atoms. The molecule has 0 saturated heterocycles. The van der Waals surface area contributed by atoms with Crippen molar-refractivity contribution in [2.75, 3.05) is 5.32 Å². The number of anilines is 1. The fourth-order valence-electron chi connectivity index (χ4n) is 2.78. The molecule has 0 aliphatic heterocycles. The van der Waals surface area contributed by atoms with Gasteiger partial charge in [-0.3, -0.25) is 14.9 Å². The van der Waals surface area contributed by atoms with E-state index in [0.29, 0.717) is 42.8 Å². The summed E-state index contributed by atoms with van der Waals surface area (Å²) in [5, 5.41) is 14.6. The van der Waals surface area contributed by atoms with Crippen LogP contribution in [0.2, 0.25) is 10.0 Å². The lowest BCUT2D eigenvalue weighted by molar-refractivity contribution is -0.384. The molecule has 0 saturated carbocycles. The van der Waals surface area contributed by atoms with Gasteiger partial charge < -0.3 is 9.73 Å². The topological polar surface area (TPSA) is 98.3 Å². The van der Waals surface area contributed by atoms with Crippen molar-refractivity contribution < 1.29 is 14.1 Å². The van der Waals surface area contributed by atoms with Crippen LogP contribution in [0.15, 0.2) is 63.5 Å². The highest BCUT2D eigenvalue weighted by Crippen LogP contribution is 2.33. The third-order valence-electron chi connectivity index (χ3n) is 4.21. The molecule has 0 aliphatic carbocycles. The molecule has 0 spiro atoms. The molecule has 3 aromatic carbocycles. The number of nitro groups is 1. The number of hydrogen-bond donors (Lipinski definition) is 1. The van der Waals surface area contributed by atoms with E-state index in [9.17, 15) is 14.9 Å². The second-order valence-corrected chi connectivity index (χ2v) is 7.90. The molecular formula is C20H10BrCl2N3O4. The first kappa shape index (κ1) is 20.3. The van der Waals surface area contributed by atoms with Crippen molar-refractivity contribution in [1.29, 1.82) is 0 Å². The summed E-state index contributed by atoms with van der Waals surface area (Å²) in [6, 6.07) is 13.9. The fraction of sp³-hybridized carbons (Fsp3) is 0. The summed E-state index contributed by atoms with van der Waals surface area (Å²) >= 11 is 15.5. The van der Waals surface area contributed by atoms with Crippen LogP contribution < -0.4 is 5.32 Å². The predicted molar refractivity (Wildman–Crippen MR) is 118 cm³/mol. The second-order valence-electron chi connectivity index (χ2n) is 6.20. The summed E-state index contributed by atoms with van der Waals surface area (Å²) in [5.41, 5.74) is 1.94. The Bertz CT molecular complexity index is 1320. The number of nitrogens with zero attached hydrogens (tertiary/aromatic N) is 2. The van der Waals surface area contributed by atoms with Crippen LogP contribution in [0.25, 0.3) is 22.6 Å². The summed E-state index contributed by atoms with van der Waals surface area (Å²) in [5.74, 6) is -0.214. The van der Waals surface area contributed by atoms with E-state index in [-0.39, 0.29) is 11.3 Å². The Morgan fingerprint density at radius 3 is 2.67 bits per heavy atom. The number of amides is 1. The first-order valence-corrected chi connectivity index (χ1v) is 9.98. The van der Waals surface area contributed by atoms with Crippen LogP contribution in [0.4, 0.5) is 11.4 Å². The van der Waals surface area contributed by atoms with Crippen LogP contribution in [-0.4, -0.2) is 15.8 Å². The summed E-state index contributed by atoms with van der Waals surface area (Å²) in [7, 11) is 0. The van der Waals surface area contributed by atoms with Gasteiger partial charge in [0, 0.05) is 27.3 Å². The van der Waals surface area contributed by atoms with E-state index in [0.717, 1.165) is 0 Å². The quantitative estimate of drug-likeness (QED) is 0.244. The van der Waals surface area contributed by atoms with Crippen molar-refractivity contribution in [1.82, 2.24) is 4.98 Å². The van der Waals surface area contributed by atoms with E-state index in [2.05, 4.69) is 26.2 Å². The van der Waals surface area contributed by atoms with Crippen molar-refractivity contribution in [2.45, 2.75) is 0 Å². The van der Waals surface area contributed by atoms with Crippen molar-refractivity contribution >= 4 is 67.5 Å². The Morgan fingerprint density at radius 2 is 1.90 bits per heavy atom. The number of benzene rings is 3. The van der Waals surface area contributed by atoms with E-state index < -0.39 is 10.8 Å². The molecule has 0 fully saturated rings. The Morgan fingerprint density at radius 1 is 1.10 bits per heavy atom. The second kappa shape index (κ2) is 8.06. The first-order valence-electron chi connectivity index (χ1n) is 8.43. The normalized spacial score (nSPS) is 10.9. The molecule has 4 aromatic rings. The Balaban J connectivity index is 1.65. The Labute approximate surface area is 187 Å². The first-order chi connectivity index (χ1) is 14.3. The largest absolute Gasteiger partial charge is 0.436 e. The van der Waals surface area contributed by atoms with Crippen molar-refractivity contribution in [3.63, 3.8) is 0 Å². The molecular weight excluding hydrogens is 497 g/mol. The number of carbonyl (C=O) groups excluding carboxylic acids is 1. The van der Waals surface area contributed by atoms with Gasteiger partial charge in [0.15, 0.2) is 5.58 Å². The lowest BCUT2D eigenvalue weighted by Crippen LogP contribution is -2.12. The molecule has 1 amide bonds. The van der Waals surface area contributed by atoms with Crippen LogP contribution in [0, 0.1) is 10.1 Å². The van der Waals surface area contributed by atoms with Crippen LogP contribution in [-0.2, 0) is 0 Å². The fourth-order valence-corrected chi connectivity index (χ4v) is 3.58. The molecule has 4 rings (SSSR count). The monoisotopic (exact) mass is 505 g/mol. The van der Waals surface area contributed by atoms with E-state index >= 15 is 0 Å². The Hall–Kier alpha value is -2.94. The SMILES string of the molecule is O=C(Nc1ccc2oc(-c3cc(Cl)ccc3Cl)nc2c1)c1cc([N+](=O)[O-])ccc1Br. The van der Waals surface area contributed by atoms with Crippen LogP contribution in [0.5, 0.6) is 0 Å². The van der Waals surface area contributed by atoms with Gasteiger partial charge in [-0.2, -0.15) is 0 Å². The van der Waals surface area contributed by atoms with Gasteiger partial charge in [0.05, 0.1) is 21.1 Å². The molecule has 0 unspecified atom stereocenters. The molecule has 1 aromatic heterocycles. The minimum Gasteiger partial charge on any atom is -0.436 e. The molecule has 150 valence electrons. The average Bonchev–Trinajstić information content (AvgIpc) is 3.13. The smallest absolute Gasteiger partial charge is 0.270 e. The summed E-state index contributed by atoms with van der Waals surface area (Å²) in [6.07, 6.45) is 0. The standard InChI is InChI=1S/C20H10BrCl2N3O4/c21-15-4-3-12(26(28)29)9-13(15)19(27)24-11-2-6-18-17(8-11)25-20(30-18)14-7-10(22)1-5-16(14)23/h1-9H,(H,24,27). The average molecular weight is 507 g/mol. The number of nitro benzene ring substituents is 1. The number of non-ortho nitro benzene ring substituents is 1. The molecule has 30 heavy (non-hydrogen) atoms.